The van der Waals surface area contributed by atoms with Gasteiger partial charge in [0.1, 0.15) is 0 Å². The Morgan fingerprint density at radius 3 is 2.89 bits per heavy atom. The molecule has 2 aromatic rings. The Balaban J connectivity index is 2.52. The number of rotatable bonds is 4. The smallest absolute Gasteiger partial charge is 0.280 e. The summed E-state index contributed by atoms with van der Waals surface area (Å²) in [4.78, 5) is 20.7. The molecule has 0 saturated heterocycles. The third-order valence-corrected chi connectivity index (χ3v) is 2.83. The second-order valence-corrected chi connectivity index (χ2v) is 4.74. The van der Waals surface area contributed by atoms with Crippen molar-refractivity contribution in [2.75, 3.05) is 13.2 Å². The maximum Gasteiger partial charge on any atom is 0.280 e. The van der Waals surface area contributed by atoms with Crippen LogP contribution in [0, 0.1) is 0 Å². The average Bonchev–Trinajstić information content (AvgIpc) is 2.37. The lowest BCUT2D eigenvalue weighted by atomic mass is 10.1. The molecule has 0 aliphatic rings. The van der Waals surface area contributed by atoms with Gasteiger partial charge in [0.25, 0.3) is 5.56 Å². The highest BCUT2D eigenvalue weighted by Gasteiger charge is 2.23. The van der Waals surface area contributed by atoms with Crippen LogP contribution in [-0.4, -0.2) is 27.7 Å². The van der Waals surface area contributed by atoms with E-state index in [-0.39, 0.29) is 5.56 Å². The van der Waals surface area contributed by atoms with Gasteiger partial charge in [-0.3, -0.25) is 9.36 Å². The van der Waals surface area contributed by atoms with Gasteiger partial charge in [-0.2, -0.15) is 0 Å². The molecule has 0 spiro atoms. The SMILES string of the molecule is CCOCC(C)(C)n1cnc2cccnc2c1=O. The van der Waals surface area contributed by atoms with Gasteiger partial charge in [-0.15, -0.1) is 0 Å². The summed E-state index contributed by atoms with van der Waals surface area (Å²) in [6.45, 7) is 6.90. The Kier molecular flexibility index (Phi) is 3.43. The average molecular weight is 247 g/mol. The first-order chi connectivity index (χ1) is 8.56. The zero-order chi connectivity index (χ0) is 13.2. The van der Waals surface area contributed by atoms with E-state index in [0.717, 1.165) is 0 Å². The molecule has 2 heterocycles. The number of fused-ring (bicyclic) bond motifs is 1. The van der Waals surface area contributed by atoms with Crippen LogP contribution in [0.5, 0.6) is 0 Å². The fourth-order valence-electron chi connectivity index (χ4n) is 1.80. The van der Waals surface area contributed by atoms with Crippen LogP contribution in [0.4, 0.5) is 0 Å². The van der Waals surface area contributed by atoms with Gasteiger partial charge in [0.15, 0.2) is 5.52 Å². The summed E-state index contributed by atoms with van der Waals surface area (Å²) in [6.07, 6.45) is 3.16. The highest BCUT2D eigenvalue weighted by Crippen LogP contribution is 2.14. The minimum atomic E-state index is -0.439. The van der Waals surface area contributed by atoms with Gasteiger partial charge in [-0.25, -0.2) is 9.97 Å². The quantitative estimate of drug-likeness (QED) is 0.822. The van der Waals surface area contributed by atoms with Crippen LogP contribution in [0.25, 0.3) is 11.0 Å². The summed E-state index contributed by atoms with van der Waals surface area (Å²) in [5.41, 5.74) is 0.437. The molecular weight excluding hydrogens is 230 g/mol. The van der Waals surface area contributed by atoms with Crippen LogP contribution in [0.1, 0.15) is 20.8 Å². The van der Waals surface area contributed by atoms with Crippen molar-refractivity contribution >= 4 is 11.0 Å². The third kappa shape index (κ3) is 2.26. The lowest BCUT2D eigenvalue weighted by Gasteiger charge is -2.26. The maximum absolute atomic E-state index is 12.3. The maximum atomic E-state index is 12.3. The largest absolute Gasteiger partial charge is 0.379 e. The summed E-state index contributed by atoms with van der Waals surface area (Å²) < 4.78 is 6.99. The Hall–Kier alpha value is -1.75. The first kappa shape index (κ1) is 12.7. The van der Waals surface area contributed by atoms with Crippen molar-refractivity contribution in [3.05, 3.63) is 35.0 Å². The van der Waals surface area contributed by atoms with Crippen LogP contribution in [0.3, 0.4) is 0 Å². The first-order valence-corrected chi connectivity index (χ1v) is 5.97. The van der Waals surface area contributed by atoms with E-state index < -0.39 is 5.54 Å². The molecular formula is C13H17N3O2. The molecule has 0 radical (unpaired) electrons. The number of nitrogens with zero attached hydrogens (tertiary/aromatic N) is 3. The molecule has 0 aliphatic carbocycles. The van der Waals surface area contributed by atoms with Crippen molar-refractivity contribution in [3.8, 4) is 0 Å². The van der Waals surface area contributed by atoms with Crippen molar-refractivity contribution in [2.24, 2.45) is 0 Å². The Morgan fingerprint density at radius 2 is 2.17 bits per heavy atom. The fourth-order valence-corrected chi connectivity index (χ4v) is 1.80. The zero-order valence-corrected chi connectivity index (χ0v) is 10.9. The van der Waals surface area contributed by atoms with E-state index in [2.05, 4.69) is 9.97 Å². The molecule has 96 valence electrons. The highest BCUT2D eigenvalue weighted by molar-refractivity contribution is 5.71. The highest BCUT2D eigenvalue weighted by atomic mass is 16.5. The second-order valence-electron chi connectivity index (χ2n) is 4.74. The van der Waals surface area contributed by atoms with Crippen LogP contribution < -0.4 is 5.56 Å². The summed E-state index contributed by atoms with van der Waals surface area (Å²) in [5.74, 6) is 0. The van der Waals surface area contributed by atoms with Crippen LogP contribution in [0.2, 0.25) is 0 Å². The molecule has 0 unspecified atom stereocenters. The Labute approximate surface area is 105 Å². The molecule has 18 heavy (non-hydrogen) atoms. The van der Waals surface area contributed by atoms with Crippen molar-refractivity contribution in [2.45, 2.75) is 26.3 Å². The Bertz CT molecular complexity index is 604. The minimum absolute atomic E-state index is 0.134. The zero-order valence-electron chi connectivity index (χ0n) is 10.9. The summed E-state index contributed by atoms with van der Waals surface area (Å²) >= 11 is 0. The third-order valence-electron chi connectivity index (χ3n) is 2.83. The first-order valence-electron chi connectivity index (χ1n) is 5.97. The molecule has 0 fully saturated rings. The van der Waals surface area contributed by atoms with E-state index >= 15 is 0 Å². The predicted molar refractivity (Wildman–Crippen MR) is 69.6 cm³/mol. The van der Waals surface area contributed by atoms with Gasteiger partial charge in [-0.1, -0.05) is 0 Å². The molecule has 0 aromatic carbocycles. The summed E-state index contributed by atoms with van der Waals surface area (Å²) in [5, 5.41) is 0. The number of hydrogen-bond donors (Lipinski definition) is 0. The van der Waals surface area contributed by atoms with Crippen molar-refractivity contribution in [3.63, 3.8) is 0 Å². The van der Waals surface area contributed by atoms with Crippen LogP contribution >= 0.6 is 0 Å². The van der Waals surface area contributed by atoms with E-state index in [1.54, 1.807) is 29.2 Å². The van der Waals surface area contributed by atoms with Gasteiger partial charge in [0, 0.05) is 12.8 Å². The number of ether oxygens (including phenoxy) is 1. The molecule has 0 N–H and O–H groups in total. The fraction of sp³-hybridized carbons (Fsp3) is 0.462. The minimum Gasteiger partial charge on any atom is -0.379 e. The van der Waals surface area contributed by atoms with E-state index in [4.69, 9.17) is 4.74 Å². The second kappa shape index (κ2) is 4.86. The molecule has 5 heteroatoms. The van der Waals surface area contributed by atoms with Crippen molar-refractivity contribution < 1.29 is 4.74 Å². The summed E-state index contributed by atoms with van der Waals surface area (Å²) in [7, 11) is 0. The monoisotopic (exact) mass is 247 g/mol. The van der Waals surface area contributed by atoms with Crippen molar-refractivity contribution in [1.82, 2.24) is 14.5 Å². The number of aromatic nitrogens is 3. The van der Waals surface area contributed by atoms with Crippen molar-refractivity contribution in [1.29, 1.82) is 0 Å². The molecule has 5 nitrogen and oxygen atoms in total. The van der Waals surface area contributed by atoms with Gasteiger partial charge >= 0.3 is 0 Å². The Morgan fingerprint density at radius 1 is 1.39 bits per heavy atom. The standard InChI is InChI=1S/C13H17N3O2/c1-4-18-8-13(2,3)16-9-15-10-6-5-7-14-11(10)12(16)17/h5-7,9H,4,8H2,1-3H3. The molecule has 0 saturated carbocycles. The lowest BCUT2D eigenvalue weighted by Crippen LogP contribution is -2.40. The molecule has 0 bridgehead atoms. The molecule has 0 aliphatic heterocycles. The topological polar surface area (TPSA) is 57.0 Å². The van der Waals surface area contributed by atoms with E-state index in [9.17, 15) is 4.79 Å². The van der Waals surface area contributed by atoms with Gasteiger partial charge in [0.2, 0.25) is 0 Å². The van der Waals surface area contributed by atoms with E-state index in [1.165, 1.54) is 0 Å². The molecule has 0 atom stereocenters. The molecule has 2 aromatic heterocycles. The van der Waals surface area contributed by atoms with E-state index in [0.29, 0.717) is 24.2 Å². The van der Waals surface area contributed by atoms with E-state index in [1.807, 2.05) is 20.8 Å². The van der Waals surface area contributed by atoms with Gasteiger partial charge in [0.05, 0.1) is 24.0 Å². The predicted octanol–water partition coefficient (Wildman–Crippen LogP) is 1.56. The normalized spacial score (nSPS) is 11.9. The number of pyridine rings is 1. The van der Waals surface area contributed by atoms with Gasteiger partial charge < -0.3 is 4.74 Å². The van der Waals surface area contributed by atoms with Crippen LogP contribution in [-0.2, 0) is 10.3 Å². The molecule has 2 rings (SSSR count). The number of hydrogen-bond acceptors (Lipinski definition) is 4. The molecule has 0 amide bonds. The summed E-state index contributed by atoms with van der Waals surface area (Å²) in [6, 6.07) is 3.55. The van der Waals surface area contributed by atoms with Gasteiger partial charge in [-0.05, 0) is 32.9 Å². The van der Waals surface area contributed by atoms with Crippen LogP contribution in [0.15, 0.2) is 29.5 Å². The lowest BCUT2D eigenvalue weighted by molar-refractivity contribution is 0.0737.